The van der Waals surface area contributed by atoms with Gasteiger partial charge in [0.05, 0.1) is 16.9 Å². The van der Waals surface area contributed by atoms with Gasteiger partial charge in [0.1, 0.15) is 23.0 Å². The van der Waals surface area contributed by atoms with Crippen molar-refractivity contribution >= 4 is 34.3 Å². The average Bonchev–Trinajstić information content (AvgIpc) is 3.34. The van der Waals surface area contributed by atoms with Gasteiger partial charge in [0.2, 0.25) is 0 Å². The SMILES string of the molecule is CC(C)(C)c1cc(NC(=O)Nc2ccc(Oc3ccnc(C(N)=O)c3)cc2)n(-c2ccc3ncccc3c2)n1. The number of aromatic nitrogens is 4. The molecule has 10 nitrogen and oxygen atoms in total. The van der Waals surface area contributed by atoms with Crippen molar-refractivity contribution in [3.63, 3.8) is 0 Å². The summed E-state index contributed by atoms with van der Waals surface area (Å²) in [6.07, 6.45) is 3.20. The number of ether oxygens (including phenoxy) is 1. The van der Waals surface area contributed by atoms with Crippen molar-refractivity contribution in [2.45, 2.75) is 26.2 Å². The third-order valence-corrected chi connectivity index (χ3v) is 5.88. The van der Waals surface area contributed by atoms with Gasteiger partial charge in [-0.2, -0.15) is 5.10 Å². The topological polar surface area (TPSA) is 137 Å². The van der Waals surface area contributed by atoms with E-state index >= 15 is 0 Å². The van der Waals surface area contributed by atoms with Crippen LogP contribution in [0.5, 0.6) is 11.5 Å². The number of nitrogens with one attached hydrogen (secondary N) is 2. The van der Waals surface area contributed by atoms with Crippen molar-refractivity contribution < 1.29 is 14.3 Å². The van der Waals surface area contributed by atoms with Crippen LogP contribution in [0.3, 0.4) is 0 Å². The fourth-order valence-corrected chi connectivity index (χ4v) is 3.86. The molecule has 4 N–H and O–H groups in total. The predicted octanol–water partition coefficient (Wildman–Crippen LogP) is 5.65. The van der Waals surface area contributed by atoms with E-state index in [-0.39, 0.29) is 11.1 Å². The molecule has 0 aliphatic carbocycles. The third kappa shape index (κ3) is 5.85. The molecule has 0 atom stereocenters. The molecule has 5 rings (SSSR count). The smallest absolute Gasteiger partial charge is 0.324 e. The fraction of sp³-hybridized carbons (Fsp3) is 0.138. The van der Waals surface area contributed by atoms with Crippen molar-refractivity contribution in [2.75, 3.05) is 10.6 Å². The molecule has 0 spiro atoms. The van der Waals surface area contributed by atoms with Gasteiger partial charge in [-0.25, -0.2) is 9.48 Å². The largest absolute Gasteiger partial charge is 0.457 e. The minimum absolute atomic E-state index is 0.108. The van der Waals surface area contributed by atoms with Crippen molar-refractivity contribution in [3.8, 4) is 17.2 Å². The molecule has 0 aliphatic rings. The summed E-state index contributed by atoms with van der Waals surface area (Å²) in [5.74, 6) is 0.828. The standard InChI is InChI=1S/C29H27N7O3/c1-29(2,3)25-17-26(36(35-25)20-8-11-23-18(15-20)5-4-13-31-23)34-28(38)33-19-6-9-21(10-7-19)39-22-12-14-32-24(16-22)27(30)37/h4-17H,1-3H3,(H2,30,37)(H2,33,34,38). The van der Waals surface area contributed by atoms with Gasteiger partial charge >= 0.3 is 6.03 Å². The molecular weight excluding hydrogens is 494 g/mol. The van der Waals surface area contributed by atoms with Crippen LogP contribution in [-0.2, 0) is 5.41 Å². The summed E-state index contributed by atoms with van der Waals surface area (Å²) in [5, 5.41) is 11.5. The Morgan fingerprint density at radius 3 is 2.41 bits per heavy atom. The number of rotatable bonds is 6. The Bertz CT molecular complexity index is 1670. The number of nitrogens with zero attached hydrogens (tertiary/aromatic N) is 4. The highest BCUT2D eigenvalue weighted by Crippen LogP contribution is 2.28. The van der Waals surface area contributed by atoms with Crippen LogP contribution < -0.4 is 21.1 Å². The second-order valence-corrected chi connectivity index (χ2v) is 9.90. The maximum absolute atomic E-state index is 13.0. The minimum atomic E-state index is -0.639. The zero-order valence-corrected chi connectivity index (χ0v) is 21.7. The number of fused-ring (bicyclic) bond motifs is 1. The normalized spacial score (nSPS) is 11.3. The van der Waals surface area contributed by atoms with E-state index in [0.29, 0.717) is 23.0 Å². The zero-order chi connectivity index (χ0) is 27.6. The van der Waals surface area contributed by atoms with Crippen LogP contribution >= 0.6 is 0 Å². The lowest BCUT2D eigenvalue weighted by atomic mass is 9.92. The van der Waals surface area contributed by atoms with Crippen LogP contribution in [0.1, 0.15) is 37.0 Å². The molecule has 0 saturated heterocycles. The maximum atomic E-state index is 13.0. The quantitative estimate of drug-likeness (QED) is 0.264. The van der Waals surface area contributed by atoms with Crippen LogP contribution in [0.2, 0.25) is 0 Å². The summed E-state index contributed by atoms with van der Waals surface area (Å²) >= 11 is 0. The first-order valence-corrected chi connectivity index (χ1v) is 12.2. The number of carbonyl (C=O) groups excluding carboxylic acids is 2. The average molecular weight is 522 g/mol. The number of hydrogen-bond donors (Lipinski definition) is 3. The molecule has 3 heterocycles. The molecule has 0 saturated carbocycles. The number of primary amides is 1. The predicted molar refractivity (Wildman–Crippen MR) is 149 cm³/mol. The van der Waals surface area contributed by atoms with E-state index in [9.17, 15) is 9.59 Å². The molecule has 0 radical (unpaired) electrons. The van der Waals surface area contributed by atoms with Gasteiger partial charge in [0.15, 0.2) is 0 Å². The second kappa shape index (κ2) is 10.3. The van der Waals surface area contributed by atoms with Crippen LogP contribution in [0.25, 0.3) is 16.6 Å². The van der Waals surface area contributed by atoms with E-state index in [1.807, 2.05) is 36.4 Å². The highest BCUT2D eigenvalue weighted by Gasteiger charge is 2.22. The van der Waals surface area contributed by atoms with E-state index in [2.05, 4.69) is 41.4 Å². The van der Waals surface area contributed by atoms with Gasteiger partial charge in [0, 0.05) is 41.0 Å². The monoisotopic (exact) mass is 521 g/mol. The molecule has 0 bridgehead atoms. The van der Waals surface area contributed by atoms with Crippen LogP contribution in [-0.4, -0.2) is 31.7 Å². The Kier molecular flexibility index (Phi) is 6.68. The molecule has 0 aliphatic heterocycles. The number of amides is 3. The first-order chi connectivity index (χ1) is 18.7. The maximum Gasteiger partial charge on any atom is 0.324 e. The van der Waals surface area contributed by atoms with Gasteiger partial charge in [-0.15, -0.1) is 0 Å². The van der Waals surface area contributed by atoms with Crippen molar-refractivity contribution in [3.05, 3.63) is 96.6 Å². The first-order valence-electron chi connectivity index (χ1n) is 12.2. The van der Waals surface area contributed by atoms with Crippen LogP contribution in [0.15, 0.2) is 85.2 Å². The number of urea groups is 1. The number of carbonyl (C=O) groups is 2. The second-order valence-electron chi connectivity index (χ2n) is 9.90. The molecule has 196 valence electrons. The zero-order valence-electron chi connectivity index (χ0n) is 21.7. The van der Waals surface area contributed by atoms with Crippen molar-refractivity contribution in [1.82, 2.24) is 19.7 Å². The number of pyridine rings is 2. The summed E-state index contributed by atoms with van der Waals surface area (Å²) in [6, 6.07) is 21.0. The molecule has 39 heavy (non-hydrogen) atoms. The van der Waals surface area contributed by atoms with Crippen molar-refractivity contribution in [2.24, 2.45) is 5.73 Å². The first kappa shape index (κ1) is 25.4. The Labute approximate surface area is 224 Å². The van der Waals surface area contributed by atoms with Gasteiger partial charge in [-0.3, -0.25) is 20.1 Å². The van der Waals surface area contributed by atoms with E-state index in [0.717, 1.165) is 22.3 Å². The molecule has 10 heteroatoms. The summed E-state index contributed by atoms with van der Waals surface area (Å²) in [7, 11) is 0. The van der Waals surface area contributed by atoms with Crippen LogP contribution in [0, 0.1) is 0 Å². The molecule has 2 aromatic carbocycles. The summed E-state index contributed by atoms with van der Waals surface area (Å²) < 4.78 is 7.48. The fourth-order valence-electron chi connectivity index (χ4n) is 3.86. The molecule has 3 amide bonds. The van der Waals surface area contributed by atoms with Gasteiger partial charge in [0.25, 0.3) is 5.91 Å². The van der Waals surface area contributed by atoms with Crippen molar-refractivity contribution in [1.29, 1.82) is 0 Å². The van der Waals surface area contributed by atoms with E-state index in [1.165, 1.54) is 12.3 Å². The highest BCUT2D eigenvalue weighted by atomic mass is 16.5. The summed E-state index contributed by atoms with van der Waals surface area (Å²) in [6.45, 7) is 6.20. The van der Waals surface area contributed by atoms with E-state index < -0.39 is 11.9 Å². The Morgan fingerprint density at radius 1 is 0.872 bits per heavy atom. The van der Waals surface area contributed by atoms with E-state index in [1.54, 1.807) is 41.2 Å². The number of hydrogen-bond acceptors (Lipinski definition) is 6. The van der Waals surface area contributed by atoms with E-state index in [4.69, 9.17) is 15.6 Å². The van der Waals surface area contributed by atoms with Gasteiger partial charge < -0.3 is 15.8 Å². The van der Waals surface area contributed by atoms with Gasteiger partial charge in [-0.05, 0) is 54.6 Å². The lowest BCUT2D eigenvalue weighted by molar-refractivity contribution is 0.0995. The molecule has 0 unspecified atom stereocenters. The number of benzene rings is 2. The molecular formula is C29H27N7O3. The highest BCUT2D eigenvalue weighted by molar-refractivity contribution is 5.99. The molecule has 5 aromatic rings. The third-order valence-electron chi connectivity index (χ3n) is 5.88. The summed E-state index contributed by atoms with van der Waals surface area (Å²) in [5.41, 5.74) is 8.23. The number of anilines is 2. The Balaban J connectivity index is 1.32. The van der Waals surface area contributed by atoms with Gasteiger partial charge in [-0.1, -0.05) is 26.8 Å². The number of nitrogens with two attached hydrogens (primary N) is 1. The minimum Gasteiger partial charge on any atom is -0.457 e. The lowest BCUT2D eigenvalue weighted by Crippen LogP contribution is -2.21. The van der Waals surface area contributed by atoms with Crippen LogP contribution in [0.4, 0.5) is 16.3 Å². The Morgan fingerprint density at radius 2 is 1.67 bits per heavy atom. The lowest BCUT2D eigenvalue weighted by Gasteiger charge is -2.14. The Hall–Kier alpha value is -5.25. The molecule has 3 aromatic heterocycles. The molecule has 0 fully saturated rings. The summed E-state index contributed by atoms with van der Waals surface area (Å²) in [4.78, 5) is 32.6.